The molecule has 0 aromatic heterocycles. The molecule has 2 nitrogen and oxygen atoms in total. The molecule has 54 valence electrons. The summed E-state index contributed by atoms with van der Waals surface area (Å²) in [4.78, 5) is 10.7. The molecule has 0 spiro atoms. The lowest BCUT2D eigenvalue weighted by molar-refractivity contribution is -0.142. The number of ether oxygens (including phenoxy) is 1. The van der Waals surface area contributed by atoms with E-state index in [1.807, 2.05) is 13.8 Å². The highest BCUT2D eigenvalue weighted by atomic mass is 127. The van der Waals surface area contributed by atoms with E-state index in [-0.39, 0.29) is 9.89 Å². The molecule has 0 saturated heterocycles. The molecule has 0 aliphatic carbocycles. The van der Waals surface area contributed by atoms with Crippen LogP contribution in [0.1, 0.15) is 20.3 Å². The lowest BCUT2D eigenvalue weighted by atomic mass is 10.3. The van der Waals surface area contributed by atoms with Gasteiger partial charge in [-0.2, -0.15) is 0 Å². The summed E-state index contributed by atoms with van der Waals surface area (Å²) in [5.41, 5.74) is 0. The van der Waals surface area contributed by atoms with Gasteiger partial charge in [0.25, 0.3) is 0 Å². The second kappa shape index (κ2) is 5.02. The van der Waals surface area contributed by atoms with Gasteiger partial charge in [-0.1, -0.05) is 29.5 Å². The minimum Gasteiger partial charge on any atom is -0.465 e. The van der Waals surface area contributed by atoms with Crippen LogP contribution in [0.25, 0.3) is 0 Å². The smallest absolute Gasteiger partial charge is 0.318 e. The van der Waals surface area contributed by atoms with E-state index < -0.39 is 0 Å². The van der Waals surface area contributed by atoms with Crippen LogP contribution in [0.3, 0.4) is 0 Å². The molecule has 0 aliphatic rings. The highest BCUT2D eigenvalue weighted by molar-refractivity contribution is 14.1. The van der Waals surface area contributed by atoms with E-state index in [0.29, 0.717) is 6.61 Å². The number of carbonyl (C=O) groups excluding carboxylic acids is 1. The topological polar surface area (TPSA) is 26.3 Å². The van der Waals surface area contributed by atoms with Crippen molar-refractivity contribution in [2.75, 3.05) is 6.61 Å². The molecule has 3 heteroatoms. The fourth-order valence-corrected chi connectivity index (χ4v) is 0.579. The Morgan fingerprint density at radius 2 is 2.22 bits per heavy atom. The molecule has 1 unspecified atom stereocenters. The molecule has 0 heterocycles. The number of halogens is 1. The van der Waals surface area contributed by atoms with Gasteiger partial charge in [0, 0.05) is 0 Å². The summed E-state index contributed by atoms with van der Waals surface area (Å²) in [5.74, 6) is -0.0967. The molecule has 0 rings (SSSR count). The number of hydrogen-bond acceptors (Lipinski definition) is 2. The molecule has 0 aromatic rings. The number of esters is 1. The number of alkyl halides is 1. The Morgan fingerprint density at radius 1 is 1.67 bits per heavy atom. The fraction of sp³-hybridized carbons (Fsp3) is 0.833. The Balaban J connectivity index is 3.46. The maximum Gasteiger partial charge on any atom is 0.318 e. The van der Waals surface area contributed by atoms with Crippen molar-refractivity contribution in [3.63, 3.8) is 0 Å². The zero-order valence-corrected chi connectivity index (χ0v) is 7.84. The number of carbonyl (C=O) groups is 1. The van der Waals surface area contributed by atoms with Crippen molar-refractivity contribution in [3.05, 3.63) is 0 Å². The van der Waals surface area contributed by atoms with Crippen LogP contribution in [0.15, 0.2) is 0 Å². The first-order valence-corrected chi connectivity index (χ1v) is 4.27. The second-order valence-electron chi connectivity index (χ2n) is 1.63. The normalized spacial score (nSPS) is 12.8. The quantitative estimate of drug-likeness (QED) is 0.428. The summed E-state index contributed by atoms with van der Waals surface area (Å²) < 4.78 is 4.78. The molecular formula is C6H11IO2. The highest BCUT2D eigenvalue weighted by Crippen LogP contribution is 2.06. The third kappa shape index (κ3) is 3.72. The Morgan fingerprint density at radius 3 is 2.56 bits per heavy atom. The van der Waals surface area contributed by atoms with Gasteiger partial charge in [0.05, 0.1) is 6.61 Å². The Labute approximate surface area is 69.1 Å². The number of rotatable bonds is 3. The lowest BCUT2D eigenvalue weighted by Gasteiger charge is -2.04. The van der Waals surface area contributed by atoms with Crippen LogP contribution in [0.2, 0.25) is 0 Å². The fourth-order valence-electron chi connectivity index (χ4n) is 0.399. The van der Waals surface area contributed by atoms with Crippen LogP contribution in [-0.2, 0) is 9.53 Å². The van der Waals surface area contributed by atoms with E-state index in [1.54, 1.807) is 0 Å². The van der Waals surface area contributed by atoms with Crippen LogP contribution >= 0.6 is 22.6 Å². The molecule has 0 aromatic carbocycles. The van der Waals surface area contributed by atoms with Crippen LogP contribution in [0.5, 0.6) is 0 Å². The van der Waals surface area contributed by atoms with Crippen molar-refractivity contribution in [3.8, 4) is 0 Å². The summed E-state index contributed by atoms with van der Waals surface area (Å²) in [5, 5.41) is 0. The van der Waals surface area contributed by atoms with Gasteiger partial charge < -0.3 is 4.74 Å². The minimum atomic E-state index is -0.0967. The van der Waals surface area contributed by atoms with Gasteiger partial charge in [-0.25, -0.2) is 0 Å². The van der Waals surface area contributed by atoms with Gasteiger partial charge in [-0.05, 0) is 13.3 Å². The molecule has 0 saturated carbocycles. The zero-order valence-electron chi connectivity index (χ0n) is 5.69. The van der Waals surface area contributed by atoms with Crippen LogP contribution in [-0.4, -0.2) is 16.5 Å². The van der Waals surface area contributed by atoms with E-state index in [1.165, 1.54) is 0 Å². The molecular weight excluding hydrogens is 231 g/mol. The van der Waals surface area contributed by atoms with E-state index in [9.17, 15) is 4.79 Å². The van der Waals surface area contributed by atoms with Crippen molar-refractivity contribution in [2.45, 2.75) is 24.2 Å². The predicted octanol–water partition coefficient (Wildman–Crippen LogP) is 1.76. The SMILES string of the molecule is CCOC(=O)C(I)CC. The van der Waals surface area contributed by atoms with Crippen LogP contribution < -0.4 is 0 Å². The first kappa shape index (κ1) is 9.20. The maximum atomic E-state index is 10.7. The molecule has 0 aliphatic heterocycles. The van der Waals surface area contributed by atoms with Gasteiger partial charge in [-0.3, -0.25) is 4.79 Å². The molecule has 0 radical (unpaired) electrons. The van der Waals surface area contributed by atoms with Gasteiger partial charge in [0.1, 0.15) is 3.92 Å². The van der Waals surface area contributed by atoms with Gasteiger partial charge in [-0.15, -0.1) is 0 Å². The maximum absolute atomic E-state index is 10.7. The second-order valence-corrected chi connectivity index (χ2v) is 3.13. The van der Waals surface area contributed by atoms with Gasteiger partial charge in [0.15, 0.2) is 0 Å². The summed E-state index contributed by atoms with van der Waals surface area (Å²) >= 11 is 2.08. The average Bonchev–Trinajstić information content (AvgIpc) is 1.87. The van der Waals surface area contributed by atoms with E-state index in [0.717, 1.165) is 6.42 Å². The number of hydrogen-bond donors (Lipinski definition) is 0. The third-order valence-corrected chi connectivity index (χ3v) is 2.29. The van der Waals surface area contributed by atoms with Crippen molar-refractivity contribution >= 4 is 28.6 Å². The largest absolute Gasteiger partial charge is 0.465 e. The summed E-state index contributed by atoms with van der Waals surface area (Å²) in [6.07, 6.45) is 0.847. The van der Waals surface area contributed by atoms with E-state index in [4.69, 9.17) is 4.74 Å². The molecule has 0 fully saturated rings. The first-order valence-electron chi connectivity index (χ1n) is 3.03. The third-order valence-electron chi connectivity index (χ3n) is 0.901. The van der Waals surface area contributed by atoms with E-state index in [2.05, 4.69) is 22.6 Å². The average molecular weight is 242 g/mol. The van der Waals surface area contributed by atoms with Gasteiger partial charge in [0.2, 0.25) is 0 Å². The predicted molar refractivity (Wildman–Crippen MR) is 44.7 cm³/mol. The van der Waals surface area contributed by atoms with Crippen LogP contribution in [0, 0.1) is 0 Å². The monoisotopic (exact) mass is 242 g/mol. The Kier molecular flexibility index (Phi) is 5.13. The van der Waals surface area contributed by atoms with Crippen molar-refractivity contribution in [1.29, 1.82) is 0 Å². The highest BCUT2D eigenvalue weighted by Gasteiger charge is 2.11. The van der Waals surface area contributed by atoms with E-state index >= 15 is 0 Å². The lowest BCUT2D eigenvalue weighted by Crippen LogP contribution is -2.15. The van der Waals surface area contributed by atoms with Crippen molar-refractivity contribution < 1.29 is 9.53 Å². The minimum absolute atomic E-state index is 0.0301. The van der Waals surface area contributed by atoms with Crippen molar-refractivity contribution in [1.82, 2.24) is 0 Å². The van der Waals surface area contributed by atoms with Crippen molar-refractivity contribution in [2.24, 2.45) is 0 Å². The Bertz CT molecular complexity index is 93.1. The molecule has 0 amide bonds. The summed E-state index contributed by atoms with van der Waals surface area (Å²) in [6.45, 7) is 4.27. The molecule has 1 atom stereocenters. The molecule has 0 N–H and O–H groups in total. The van der Waals surface area contributed by atoms with Gasteiger partial charge >= 0.3 is 5.97 Å². The zero-order chi connectivity index (χ0) is 7.28. The summed E-state index contributed by atoms with van der Waals surface area (Å²) in [6, 6.07) is 0. The standard InChI is InChI=1S/C6H11IO2/c1-3-5(7)6(8)9-4-2/h5H,3-4H2,1-2H3. The molecule has 0 bridgehead atoms. The van der Waals surface area contributed by atoms with Crippen LogP contribution in [0.4, 0.5) is 0 Å². The summed E-state index contributed by atoms with van der Waals surface area (Å²) in [7, 11) is 0. The Hall–Kier alpha value is 0.200. The molecule has 9 heavy (non-hydrogen) atoms. The first-order chi connectivity index (χ1) is 4.22.